The number of amides is 1. The van der Waals surface area contributed by atoms with Crippen LogP contribution in [0, 0.1) is 0 Å². The molecule has 4 heterocycles. The number of benzene rings is 2. The van der Waals surface area contributed by atoms with E-state index in [9.17, 15) is 14.7 Å². The molecule has 0 radical (unpaired) electrons. The van der Waals surface area contributed by atoms with Gasteiger partial charge >= 0.3 is 0 Å². The molecule has 1 saturated heterocycles. The highest BCUT2D eigenvalue weighted by Crippen LogP contribution is 2.29. The van der Waals surface area contributed by atoms with E-state index >= 15 is 0 Å². The average molecular weight is 636 g/mol. The maximum Gasteiger partial charge on any atom is 0.257 e. The number of halogens is 1. The van der Waals surface area contributed by atoms with Crippen molar-refractivity contribution >= 4 is 50.0 Å². The molecule has 230 valence electrons. The number of rotatable bonds is 10. The van der Waals surface area contributed by atoms with Crippen LogP contribution in [0.2, 0.25) is 5.02 Å². The highest BCUT2D eigenvalue weighted by atomic mass is 35.5. The van der Waals surface area contributed by atoms with E-state index in [4.69, 9.17) is 25.5 Å². The minimum atomic E-state index is -0.819. The lowest BCUT2D eigenvalue weighted by molar-refractivity contribution is -0.139. The number of nitrogens with one attached hydrogen (secondary N) is 1. The molecule has 1 aliphatic heterocycles. The molecule has 5 aromatic rings. The zero-order valence-corrected chi connectivity index (χ0v) is 26.3. The summed E-state index contributed by atoms with van der Waals surface area (Å²) < 4.78 is 19.6. The zero-order chi connectivity index (χ0) is 31.0. The third kappa shape index (κ3) is 6.76. The van der Waals surface area contributed by atoms with E-state index in [-0.39, 0.29) is 23.6 Å². The Kier molecular flexibility index (Phi) is 8.65. The Balaban J connectivity index is 1.24. The predicted octanol–water partition coefficient (Wildman–Crippen LogP) is 5.71. The third-order valence-corrected chi connectivity index (χ3v) is 8.97. The van der Waals surface area contributed by atoms with Crippen molar-refractivity contribution in [3.63, 3.8) is 0 Å². The van der Waals surface area contributed by atoms with Crippen molar-refractivity contribution in [3.05, 3.63) is 104 Å². The first-order chi connectivity index (χ1) is 21.0. The molecule has 3 aromatic heterocycles. The van der Waals surface area contributed by atoms with Gasteiger partial charge in [0.25, 0.3) is 5.91 Å². The molecule has 2 unspecified atom stereocenters. The van der Waals surface area contributed by atoms with Crippen molar-refractivity contribution in [1.29, 1.82) is 0 Å². The van der Waals surface area contributed by atoms with Crippen LogP contribution in [-0.2, 0) is 29.1 Å². The van der Waals surface area contributed by atoms with Gasteiger partial charge in [-0.3, -0.25) is 14.5 Å². The van der Waals surface area contributed by atoms with E-state index in [0.717, 1.165) is 26.2 Å². The summed E-state index contributed by atoms with van der Waals surface area (Å²) in [5, 5.41) is 15.8. The summed E-state index contributed by atoms with van der Waals surface area (Å²) in [6, 6.07) is 18.5. The van der Waals surface area contributed by atoms with E-state index in [1.807, 2.05) is 78.9 Å². The number of likely N-dealkylation sites (N-methyl/N-ethyl adjacent to an activating group) is 1. The van der Waals surface area contributed by atoms with Gasteiger partial charge in [0.2, 0.25) is 5.43 Å². The number of ether oxygens (including phenoxy) is 2. The number of para-hydroxylation sites is 1. The maximum absolute atomic E-state index is 13.7. The number of fused-ring (bicyclic) bond motifs is 2. The smallest absolute Gasteiger partial charge is 0.257 e. The normalized spacial score (nSPS) is 17.1. The van der Waals surface area contributed by atoms with Gasteiger partial charge in [0.1, 0.15) is 33.9 Å². The van der Waals surface area contributed by atoms with Crippen molar-refractivity contribution in [3.8, 4) is 0 Å². The summed E-state index contributed by atoms with van der Waals surface area (Å²) in [5.41, 5.74) is 1.33. The van der Waals surface area contributed by atoms with Gasteiger partial charge in [-0.1, -0.05) is 41.9 Å². The second-order valence-corrected chi connectivity index (χ2v) is 13.2. The van der Waals surface area contributed by atoms with Gasteiger partial charge in [-0.15, -0.1) is 11.3 Å². The number of furan rings is 1. The van der Waals surface area contributed by atoms with E-state index < -0.39 is 17.8 Å². The van der Waals surface area contributed by atoms with Gasteiger partial charge in [0, 0.05) is 41.1 Å². The van der Waals surface area contributed by atoms with Crippen LogP contribution < -0.4 is 10.7 Å². The summed E-state index contributed by atoms with van der Waals surface area (Å²) in [7, 11) is 1.91. The first-order valence-corrected chi connectivity index (χ1v) is 15.6. The van der Waals surface area contributed by atoms with Crippen LogP contribution in [0.15, 0.2) is 76.1 Å². The molecule has 11 heteroatoms. The van der Waals surface area contributed by atoms with Gasteiger partial charge < -0.3 is 28.9 Å². The van der Waals surface area contributed by atoms with Gasteiger partial charge in [0.05, 0.1) is 18.5 Å². The molecular formula is C33H34ClN3O6S. The van der Waals surface area contributed by atoms with Gasteiger partial charge in [-0.2, -0.15) is 0 Å². The van der Waals surface area contributed by atoms with Crippen LogP contribution >= 0.6 is 22.9 Å². The largest absolute Gasteiger partial charge is 0.458 e. The molecule has 2 aromatic carbocycles. The van der Waals surface area contributed by atoms with Crippen molar-refractivity contribution in [2.75, 3.05) is 20.2 Å². The number of aliphatic hydroxyl groups excluding tert-OH is 1. The Bertz CT molecular complexity index is 1830. The Hall–Kier alpha value is -3.51. The fourth-order valence-corrected chi connectivity index (χ4v) is 6.78. The Morgan fingerprint density at radius 1 is 1.20 bits per heavy atom. The van der Waals surface area contributed by atoms with Crippen LogP contribution in [0.3, 0.4) is 0 Å². The highest BCUT2D eigenvalue weighted by molar-refractivity contribution is 7.18. The fraction of sp³-hybridized carbons (Fsp3) is 0.333. The fourth-order valence-electron chi connectivity index (χ4n) is 5.44. The molecular weight excluding hydrogens is 602 g/mol. The zero-order valence-electron chi connectivity index (χ0n) is 24.7. The summed E-state index contributed by atoms with van der Waals surface area (Å²) in [6.45, 7) is 5.63. The molecule has 44 heavy (non-hydrogen) atoms. The lowest BCUT2D eigenvalue weighted by Crippen LogP contribution is -2.30. The topological polar surface area (TPSA) is 106 Å². The van der Waals surface area contributed by atoms with Crippen LogP contribution in [0.5, 0.6) is 0 Å². The molecule has 1 aliphatic rings. The summed E-state index contributed by atoms with van der Waals surface area (Å²) >= 11 is 7.47. The number of carbonyl (C=O) groups is 1. The Morgan fingerprint density at radius 3 is 2.70 bits per heavy atom. The molecule has 9 nitrogen and oxygen atoms in total. The lowest BCUT2D eigenvalue weighted by atomic mass is 10.1. The number of thiophene rings is 1. The van der Waals surface area contributed by atoms with E-state index in [1.165, 1.54) is 11.3 Å². The summed E-state index contributed by atoms with van der Waals surface area (Å²) in [5.74, 6) is -0.653. The van der Waals surface area contributed by atoms with Crippen LogP contribution in [0.1, 0.15) is 46.5 Å². The number of aliphatic hydroxyl groups is 1. The predicted molar refractivity (Wildman–Crippen MR) is 171 cm³/mol. The minimum absolute atomic E-state index is 0.0580. The SMILES string of the molecule is CN(Cc1cc2c(=O)c(C(=O)NCc3ccc(Cl)cc3)cn(CC3COC(C)(C)O3)c2s1)CC(O)c1cc2ccccc2o1. The van der Waals surface area contributed by atoms with Crippen LogP contribution in [0.25, 0.3) is 21.2 Å². The summed E-state index contributed by atoms with van der Waals surface area (Å²) in [6.07, 6.45) is 0.555. The van der Waals surface area contributed by atoms with Crippen molar-refractivity contribution in [1.82, 2.24) is 14.8 Å². The average Bonchev–Trinajstić information content (AvgIpc) is 3.70. The van der Waals surface area contributed by atoms with Gasteiger partial charge in [0.15, 0.2) is 5.79 Å². The monoisotopic (exact) mass is 635 g/mol. The molecule has 2 atom stereocenters. The Labute approximate surface area is 263 Å². The van der Waals surface area contributed by atoms with Gasteiger partial charge in [-0.25, -0.2) is 0 Å². The molecule has 1 fully saturated rings. The standard InChI is InChI=1S/C33H34ClN3O6S/c1-33(2)41-19-23(43-33)15-37-17-26(31(40)35-14-20-8-10-22(34)11-9-20)30(39)25-13-24(44-32(25)37)16-36(3)18-27(38)29-12-21-6-4-5-7-28(21)42-29/h4-13,17,23,27,38H,14-16,18-19H2,1-3H3,(H,35,40). The lowest BCUT2D eigenvalue weighted by Gasteiger charge is -2.19. The molecule has 0 aliphatic carbocycles. The molecule has 2 N–H and O–H groups in total. The first-order valence-electron chi connectivity index (χ1n) is 14.4. The molecule has 0 spiro atoms. The number of pyridine rings is 1. The van der Waals surface area contributed by atoms with Crippen molar-refractivity contribution < 1.29 is 23.8 Å². The van der Waals surface area contributed by atoms with E-state index in [2.05, 4.69) is 5.32 Å². The molecule has 6 rings (SSSR count). The molecule has 1 amide bonds. The number of carbonyl (C=O) groups excluding carboxylic acids is 1. The number of nitrogens with zero attached hydrogens (tertiary/aromatic N) is 2. The van der Waals surface area contributed by atoms with Crippen LogP contribution in [-0.4, -0.2) is 52.6 Å². The third-order valence-electron chi connectivity index (χ3n) is 7.56. The van der Waals surface area contributed by atoms with Crippen molar-refractivity contribution in [2.24, 2.45) is 0 Å². The highest BCUT2D eigenvalue weighted by Gasteiger charge is 2.33. The Morgan fingerprint density at radius 2 is 1.98 bits per heavy atom. The van der Waals surface area contributed by atoms with E-state index in [0.29, 0.717) is 42.4 Å². The number of hydrogen-bond acceptors (Lipinski definition) is 8. The second-order valence-electron chi connectivity index (χ2n) is 11.6. The first kappa shape index (κ1) is 30.5. The molecule has 0 bridgehead atoms. The quantitative estimate of drug-likeness (QED) is 0.203. The second kappa shape index (κ2) is 12.5. The maximum atomic E-state index is 13.7. The molecule has 0 saturated carbocycles. The van der Waals surface area contributed by atoms with E-state index in [1.54, 1.807) is 18.3 Å². The van der Waals surface area contributed by atoms with Gasteiger partial charge in [-0.05, 0) is 56.8 Å². The number of aromatic nitrogens is 1. The number of hydrogen-bond donors (Lipinski definition) is 2. The van der Waals surface area contributed by atoms with Crippen LogP contribution in [0.4, 0.5) is 0 Å². The summed E-state index contributed by atoms with van der Waals surface area (Å²) in [4.78, 5) is 30.6. The minimum Gasteiger partial charge on any atom is -0.458 e. The van der Waals surface area contributed by atoms with Crippen molar-refractivity contribution in [2.45, 2.75) is 51.5 Å².